The van der Waals surface area contributed by atoms with E-state index in [0.29, 0.717) is 18.7 Å². The minimum atomic E-state index is -0.266. The molecular weight excluding hydrogens is 319 g/mol. The Balaban J connectivity index is 1.58. The number of amides is 1. The number of anilines is 1. The molecule has 25 heavy (non-hydrogen) atoms. The van der Waals surface area contributed by atoms with Gasteiger partial charge in [0.05, 0.1) is 11.3 Å². The Morgan fingerprint density at radius 3 is 2.56 bits per heavy atom. The van der Waals surface area contributed by atoms with Crippen LogP contribution in [0.4, 0.5) is 10.1 Å². The lowest BCUT2D eigenvalue weighted by molar-refractivity contribution is 0.0950. The molecule has 0 aliphatic rings. The third-order valence-electron chi connectivity index (χ3n) is 3.59. The molecule has 0 bridgehead atoms. The molecule has 1 aromatic carbocycles. The van der Waals surface area contributed by atoms with Gasteiger partial charge in [-0.05, 0) is 35.4 Å². The van der Waals surface area contributed by atoms with Crippen molar-refractivity contribution < 1.29 is 9.18 Å². The molecule has 0 spiro atoms. The standard InChI is InChI=1S/C19H17FN4O/c20-17-5-3-14(4-6-17)10-23-18-8-16(12-22-13-18)19(25)24-11-15-2-1-7-21-9-15/h1-9,12-13,23H,10-11H2,(H,24,25). The third kappa shape index (κ3) is 4.84. The van der Waals surface area contributed by atoms with Crippen LogP contribution in [-0.4, -0.2) is 15.9 Å². The van der Waals surface area contributed by atoms with Gasteiger partial charge in [0.15, 0.2) is 0 Å². The number of benzene rings is 1. The number of carbonyl (C=O) groups is 1. The van der Waals surface area contributed by atoms with Crippen LogP contribution in [0.5, 0.6) is 0 Å². The molecule has 0 unspecified atom stereocenters. The van der Waals surface area contributed by atoms with Crippen molar-refractivity contribution in [3.63, 3.8) is 0 Å². The van der Waals surface area contributed by atoms with Crippen molar-refractivity contribution in [3.05, 3.63) is 89.8 Å². The van der Waals surface area contributed by atoms with Crippen LogP contribution in [0.3, 0.4) is 0 Å². The van der Waals surface area contributed by atoms with Crippen LogP contribution in [-0.2, 0) is 13.1 Å². The lowest BCUT2D eigenvalue weighted by Crippen LogP contribution is -2.23. The van der Waals surface area contributed by atoms with Gasteiger partial charge in [-0.2, -0.15) is 0 Å². The van der Waals surface area contributed by atoms with Crippen LogP contribution in [0.25, 0.3) is 0 Å². The van der Waals surface area contributed by atoms with E-state index in [0.717, 1.165) is 16.8 Å². The predicted molar refractivity (Wildman–Crippen MR) is 93.4 cm³/mol. The van der Waals surface area contributed by atoms with Crippen molar-refractivity contribution in [3.8, 4) is 0 Å². The van der Waals surface area contributed by atoms with Crippen molar-refractivity contribution in [1.82, 2.24) is 15.3 Å². The second kappa shape index (κ2) is 8.01. The Morgan fingerprint density at radius 2 is 1.80 bits per heavy atom. The maximum absolute atomic E-state index is 12.9. The molecule has 1 amide bonds. The fourth-order valence-electron chi connectivity index (χ4n) is 2.25. The lowest BCUT2D eigenvalue weighted by Gasteiger charge is -2.09. The summed E-state index contributed by atoms with van der Waals surface area (Å²) in [5, 5.41) is 6.01. The van der Waals surface area contributed by atoms with E-state index >= 15 is 0 Å². The molecular formula is C19H17FN4O. The van der Waals surface area contributed by atoms with Crippen LogP contribution < -0.4 is 10.6 Å². The van der Waals surface area contributed by atoms with Gasteiger partial charge in [0.1, 0.15) is 5.82 Å². The number of carbonyl (C=O) groups excluding carboxylic acids is 1. The Hall–Kier alpha value is -3.28. The highest BCUT2D eigenvalue weighted by molar-refractivity contribution is 5.94. The number of aromatic nitrogens is 2. The average molecular weight is 336 g/mol. The van der Waals surface area contributed by atoms with E-state index in [1.54, 1.807) is 36.8 Å². The van der Waals surface area contributed by atoms with Crippen molar-refractivity contribution in [2.24, 2.45) is 0 Å². The molecule has 0 saturated carbocycles. The Kier molecular flexibility index (Phi) is 5.31. The number of rotatable bonds is 6. The Labute approximate surface area is 145 Å². The molecule has 2 aromatic heterocycles. The second-order valence-corrected chi connectivity index (χ2v) is 5.49. The highest BCUT2D eigenvalue weighted by Gasteiger charge is 2.07. The molecule has 2 N–H and O–H groups in total. The average Bonchev–Trinajstić information content (AvgIpc) is 2.67. The highest BCUT2D eigenvalue weighted by Crippen LogP contribution is 2.11. The molecule has 0 aliphatic heterocycles. The van der Waals surface area contributed by atoms with Crippen molar-refractivity contribution in [2.45, 2.75) is 13.1 Å². The van der Waals surface area contributed by atoms with Gasteiger partial charge in [-0.3, -0.25) is 14.8 Å². The molecule has 126 valence electrons. The predicted octanol–water partition coefficient (Wildman–Crippen LogP) is 3.16. The van der Waals surface area contributed by atoms with E-state index < -0.39 is 0 Å². The zero-order valence-corrected chi connectivity index (χ0v) is 13.4. The molecule has 0 fully saturated rings. The van der Waals surface area contributed by atoms with E-state index in [1.807, 2.05) is 12.1 Å². The fourth-order valence-corrected chi connectivity index (χ4v) is 2.25. The van der Waals surface area contributed by atoms with Crippen molar-refractivity contribution in [1.29, 1.82) is 0 Å². The normalized spacial score (nSPS) is 10.3. The molecule has 0 atom stereocenters. The number of pyridine rings is 2. The lowest BCUT2D eigenvalue weighted by atomic mass is 10.2. The summed E-state index contributed by atoms with van der Waals surface area (Å²) in [4.78, 5) is 20.3. The first kappa shape index (κ1) is 16.6. The fraction of sp³-hybridized carbons (Fsp3) is 0.105. The zero-order chi connectivity index (χ0) is 17.5. The smallest absolute Gasteiger partial charge is 0.253 e. The molecule has 0 saturated heterocycles. The van der Waals surface area contributed by atoms with E-state index in [-0.39, 0.29) is 11.7 Å². The first-order valence-electron chi connectivity index (χ1n) is 7.81. The number of halogens is 1. The summed E-state index contributed by atoms with van der Waals surface area (Å²) < 4.78 is 12.9. The van der Waals surface area contributed by atoms with Gasteiger partial charge in [0.25, 0.3) is 5.91 Å². The summed E-state index contributed by atoms with van der Waals surface area (Å²) in [6.07, 6.45) is 6.55. The summed E-state index contributed by atoms with van der Waals surface area (Å²) >= 11 is 0. The third-order valence-corrected chi connectivity index (χ3v) is 3.59. The zero-order valence-electron chi connectivity index (χ0n) is 13.4. The molecule has 5 nitrogen and oxygen atoms in total. The van der Waals surface area contributed by atoms with Crippen molar-refractivity contribution in [2.75, 3.05) is 5.32 Å². The van der Waals surface area contributed by atoms with E-state index in [1.165, 1.54) is 18.3 Å². The van der Waals surface area contributed by atoms with Gasteiger partial charge in [-0.15, -0.1) is 0 Å². The van der Waals surface area contributed by atoms with Gasteiger partial charge in [0.2, 0.25) is 0 Å². The summed E-state index contributed by atoms with van der Waals surface area (Å²) in [5.41, 5.74) is 3.05. The minimum Gasteiger partial charge on any atom is -0.380 e. The molecule has 3 rings (SSSR count). The largest absolute Gasteiger partial charge is 0.380 e. The van der Waals surface area contributed by atoms with Crippen molar-refractivity contribution >= 4 is 11.6 Å². The highest BCUT2D eigenvalue weighted by atomic mass is 19.1. The number of nitrogens with one attached hydrogen (secondary N) is 2. The Bertz CT molecular complexity index is 838. The topological polar surface area (TPSA) is 66.9 Å². The van der Waals surface area contributed by atoms with Crippen LogP contribution in [0, 0.1) is 5.82 Å². The van der Waals surface area contributed by atoms with Crippen LogP contribution in [0.1, 0.15) is 21.5 Å². The van der Waals surface area contributed by atoms with Gasteiger partial charge < -0.3 is 10.6 Å². The minimum absolute atomic E-state index is 0.207. The molecule has 6 heteroatoms. The van der Waals surface area contributed by atoms with Crippen LogP contribution >= 0.6 is 0 Å². The molecule has 0 aliphatic carbocycles. The summed E-state index contributed by atoms with van der Waals surface area (Å²) in [5.74, 6) is -0.473. The SMILES string of the molecule is O=C(NCc1cccnc1)c1cncc(NCc2ccc(F)cc2)c1. The molecule has 0 radical (unpaired) electrons. The van der Waals surface area contributed by atoms with Crippen LogP contribution in [0.15, 0.2) is 67.3 Å². The van der Waals surface area contributed by atoms with Gasteiger partial charge in [-0.25, -0.2) is 4.39 Å². The number of hydrogen-bond acceptors (Lipinski definition) is 4. The summed E-state index contributed by atoms with van der Waals surface area (Å²) in [6.45, 7) is 0.919. The molecule has 3 aromatic rings. The molecule has 2 heterocycles. The maximum atomic E-state index is 12.9. The summed E-state index contributed by atoms with van der Waals surface area (Å²) in [6, 6.07) is 11.7. The van der Waals surface area contributed by atoms with Gasteiger partial charge in [0, 0.05) is 37.9 Å². The first-order chi connectivity index (χ1) is 12.2. The van der Waals surface area contributed by atoms with E-state index in [2.05, 4.69) is 20.6 Å². The number of nitrogens with zero attached hydrogens (tertiary/aromatic N) is 2. The monoisotopic (exact) mass is 336 g/mol. The second-order valence-electron chi connectivity index (χ2n) is 5.49. The van der Waals surface area contributed by atoms with Gasteiger partial charge in [-0.1, -0.05) is 18.2 Å². The summed E-state index contributed by atoms with van der Waals surface area (Å²) in [7, 11) is 0. The van der Waals surface area contributed by atoms with E-state index in [4.69, 9.17) is 0 Å². The Morgan fingerprint density at radius 1 is 0.960 bits per heavy atom. The quantitative estimate of drug-likeness (QED) is 0.726. The van der Waals surface area contributed by atoms with Crippen LogP contribution in [0.2, 0.25) is 0 Å². The number of hydrogen-bond donors (Lipinski definition) is 2. The van der Waals surface area contributed by atoms with E-state index in [9.17, 15) is 9.18 Å². The first-order valence-corrected chi connectivity index (χ1v) is 7.81. The van der Waals surface area contributed by atoms with Gasteiger partial charge >= 0.3 is 0 Å². The maximum Gasteiger partial charge on any atom is 0.253 e.